The predicted octanol–water partition coefficient (Wildman–Crippen LogP) is 2.11. The minimum absolute atomic E-state index is 0.0257. The van der Waals surface area contributed by atoms with Gasteiger partial charge in [0, 0.05) is 12.1 Å². The molecule has 1 amide bonds. The number of nitriles is 1. The maximum Gasteiger partial charge on any atom is 0.285 e. The van der Waals surface area contributed by atoms with E-state index in [0.717, 1.165) is 23.1 Å². The van der Waals surface area contributed by atoms with Crippen LogP contribution < -0.4 is 15.0 Å². The molecule has 0 spiro atoms. The Morgan fingerprint density at radius 2 is 2.07 bits per heavy atom. The standard InChI is InChI=1S/C21H24N4O4/c1-13-14(2)23-25(21(27)17(13)11-22)12-20(26)24-9-5-6-18(24)16-10-15(28-3)7-8-19(16)29-4/h7-8,10,18H,5-6,9,12H2,1-4H3/t18-/m0/s1. The summed E-state index contributed by atoms with van der Waals surface area (Å²) >= 11 is 0. The Labute approximate surface area is 169 Å². The van der Waals surface area contributed by atoms with Crippen LogP contribution in [-0.2, 0) is 11.3 Å². The molecular formula is C21H24N4O4. The highest BCUT2D eigenvalue weighted by Crippen LogP contribution is 2.39. The van der Waals surface area contributed by atoms with E-state index in [1.165, 1.54) is 0 Å². The van der Waals surface area contributed by atoms with Crippen molar-refractivity contribution < 1.29 is 14.3 Å². The van der Waals surface area contributed by atoms with Gasteiger partial charge < -0.3 is 14.4 Å². The summed E-state index contributed by atoms with van der Waals surface area (Å²) in [4.78, 5) is 27.3. The number of carbonyl (C=O) groups is 1. The largest absolute Gasteiger partial charge is 0.497 e. The number of carbonyl (C=O) groups excluding carboxylic acids is 1. The Kier molecular flexibility index (Phi) is 5.87. The van der Waals surface area contributed by atoms with E-state index in [4.69, 9.17) is 9.47 Å². The molecule has 1 aliphatic heterocycles. The van der Waals surface area contributed by atoms with Crippen molar-refractivity contribution in [3.63, 3.8) is 0 Å². The zero-order valence-corrected chi connectivity index (χ0v) is 17.1. The second-order valence-electron chi connectivity index (χ2n) is 7.01. The number of rotatable bonds is 5. The summed E-state index contributed by atoms with van der Waals surface area (Å²) in [5, 5.41) is 13.5. The minimum atomic E-state index is -0.543. The van der Waals surface area contributed by atoms with Crippen LogP contribution in [0.25, 0.3) is 0 Å². The summed E-state index contributed by atoms with van der Waals surface area (Å²) in [7, 11) is 3.18. The van der Waals surface area contributed by atoms with Gasteiger partial charge >= 0.3 is 0 Å². The third-order valence-corrected chi connectivity index (χ3v) is 5.40. The van der Waals surface area contributed by atoms with Gasteiger partial charge in [-0.1, -0.05) is 0 Å². The van der Waals surface area contributed by atoms with Crippen molar-refractivity contribution >= 4 is 5.91 Å². The molecule has 0 saturated carbocycles. The number of benzene rings is 1. The Hall–Kier alpha value is -3.34. The van der Waals surface area contributed by atoms with Gasteiger partial charge in [0.25, 0.3) is 5.56 Å². The summed E-state index contributed by atoms with van der Waals surface area (Å²) in [6.45, 7) is 3.77. The number of aryl methyl sites for hydroxylation is 1. The van der Waals surface area contributed by atoms with Crippen LogP contribution in [0.1, 0.15) is 41.3 Å². The molecule has 8 nitrogen and oxygen atoms in total. The first kappa shape index (κ1) is 20.4. The van der Waals surface area contributed by atoms with E-state index in [0.29, 0.717) is 29.3 Å². The van der Waals surface area contributed by atoms with Crippen LogP contribution in [0.4, 0.5) is 0 Å². The van der Waals surface area contributed by atoms with Crippen LogP contribution in [0.3, 0.4) is 0 Å². The van der Waals surface area contributed by atoms with Crippen LogP contribution >= 0.6 is 0 Å². The molecule has 1 fully saturated rings. The number of nitrogens with zero attached hydrogens (tertiary/aromatic N) is 4. The average Bonchev–Trinajstić information content (AvgIpc) is 3.21. The van der Waals surface area contributed by atoms with Gasteiger partial charge in [-0.15, -0.1) is 0 Å². The molecule has 0 radical (unpaired) electrons. The number of likely N-dealkylation sites (tertiary alicyclic amines) is 1. The van der Waals surface area contributed by atoms with Crippen molar-refractivity contribution in [2.75, 3.05) is 20.8 Å². The van der Waals surface area contributed by atoms with E-state index in [1.807, 2.05) is 24.3 Å². The van der Waals surface area contributed by atoms with E-state index in [1.54, 1.807) is 33.0 Å². The zero-order chi connectivity index (χ0) is 21.1. The SMILES string of the molecule is COc1ccc(OC)c([C@@H]2CCCN2C(=O)Cn2nc(C)c(C)c(C#N)c2=O)c1. The molecule has 1 atom stereocenters. The summed E-state index contributed by atoms with van der Waals surface area (Å²) < 4.78 is 11.9. The second kappa shape index (κ2) is 8.35. The first-order chi connectivity index (χ1) is 13.9. The Bertz CT molecular complexity index is 1040. The number of aromatic nitrogens is 2. The normalized spacial score (nSPS) is 15.8. The molecule has 1 saturated heterocycles. The van der Waals surface area contributed by atoms with E-state index >= 15 is 0 Å². The monoisotopic (exact) mass is 396 g/mol. The maximum absolute atomic E-state index is 13.1. The lowest BCUT2D eigenvalue weighted by Crippen LogP contribution is -2.38. The summed E-state index contributed by atoms with van der Waals surface area (Å²) in [6, 6.07) is 7.26. The quantitative estimate of drug-likeness (QED) is 0.768. The van der Waals surface area contributed by atoms with E-state index < -0.39 is 5.56 Å². The fourth-order valence-electron chi connectivity index (χ4n) is 3.72. The van der Waals surface area contributed by atoms with Gasteiger partial charge in [-0.05, 0) is 50.5 Å². The van der Waals surface area contributed by atoms with E-state index in [-0.39, 0.29) is 24.1 Å². The lowest BCUT2D eigenvalue weighted by molar-refractivity contribution is -0.133. The zero-order valence-electron chi connectivity index (χ0n) is 17.1. The molecule has 2 heterocycles. The van der Waals surface area contributed by atoms with Crippen molar-refractivity contribution in [3.05, 3.63) is 50.9 Å². The van der Waals surface area contributed by atoms with Gasteiger partial charge in [0.1, 0.15) is 29.7 Å². The predicted molar refractivity (Wildman–Crippen MR) is 106 cm³/mol. The van der Waals surface area contributed by atoms with E-state index in [9.17, 15) is 14.9 Å². The van der Waals surface area contributed by atoms with Gasteiger partial charge in [-0.25, -0.2) is 4.68 Å². The van der Waals surface area contributed by atoms with Gasteiger partial charge in [-0.3, -0.25) is 9.59 Å². The summed E-state index contributed by atoms with van der Waals surface area (Å²) in [6.07, 6.45) is 1.63. The molecule has 2 aromatic rings. The fourth-order valence-corrected chi connectivity index (χ4v) is 3.72. The van der Waals surface area contributed by atoms with Crippen molar-refractivity contribution in [1.29, 1.82) is 5.26 Å². The molecule has 0 bridgehead atoms. The molecule has 1 aliphatic rings. The third-order valence-electron chi connectivity index (χ3n) is 5.40. The molecule has 0 N–H and O–H groups in total. The molecule has 3 rings (SSSR count). The summed E-state index contributed by atoms with van der Waals surface area (Å²) in [5.74, 6) is 1.15. The Balaban J connectivity index is 1.92. The maximum atomic E-state index is 13.1. The second-order valence-corrected chi connectivity index (χ2v) is 7.01. The molecule has 0 aliphatic carbocycles. The molecule has 8 heteroatoms. The van der Waals surface area contributed by atoms with Gasteiger partial charge in [0.15, 0.2) is 0 Å². The van der Waals surface area contributed by atoms with Crippen LogP contribution in [0.15, 0.2) is 23.0 Å². The van der Waals surface area contributed by atoms with Gasteiger partial charge in [0.05, 0.1) is 26.0 Å². The Morgan fingerprint density at radius 3 is 2.72 bits per heavy atom. The fraction of sp³-hybridized carbons (Fsp3) is 0.429. The van der Waals surface area contributed by atoms with Crippen molar-refractivity contribution in [2.24, 2.45) is 0 Å². The Morgan fingerprint density at radius 1 is 1.31 bits per heavy atom. The molecule has 1 aromatic carbocycles. The topological polar surface area (TPSA) is 97.4 Å². The highest BCUT2D eigenvalue weighted by molar-refractivity contribution is 5.77. The van der Waals surface area contributed by atoms with Crippen molar-refractivity contribution in [3.8, 4) is 17.6 Å². The van der Waals surface area contributed by atoms with Crippen molar-refractivity contribution in [2.45, 2.75) is 39.3 Å². The van der Waals surface area contributed by atoms with Crippen LogP contribution in [0.2, 0.25) is 0 Å². The minimum Gasteiger partial charge on any atom is -0.497 e. The first-order valence-electron chi connectivity index (χ1n) is 9.41. The van der Waals surface area contributed by atoms with Crippen LogP contribution in [0.5, 0.6) is 11.5 Å². The lowest BCUT2D eigenvalue weighted by Gasteiger charge is -2.27. The number of methoxy groups -OCH3 is 2. The number of amides is 1. The van der Waals surface area contributed by atoms with Gasteiger partial charge in [-0.2, -0.15) is 10.4 Å². The van der Waals surface area contributed by atoms with Crippen LogP contribution in [-0.4, -0.2) is 41.4 Å². The average molecular weight is 396 g/mol. The molecule has 152 valence electrons. The first-order valence-corrected chi connectivity index (χ1v) is 9.41. The smallest absolute Gasteiger partial charge is 0.285 e. The van der Waals surface area contributed by atoms with Crippen molar-refractivity contribution in [1.82, 2.24) is 14.7 Å². The molecular weight excluding hydrogens is 372 g/mol. The van der Waals surface area contributed by atoms with Gasteiger partial charge in [0.2, 0.25) is 5.91 Å². The number of hydrogen-bond donors (Lipinski definition) is 0. The molecule has 1 aromatic heterocycles. The lowest BCUT2D eigenvalue weighted by atomic mass is 10.0. The van der Waals surface area contributed by atoms with Crippen LogP contribution in [0, 0.1) is 25.2 Å². The third kappa shape index (κ3) is 3.81. The number of ether oxygens (including phenoxy) is 2. The molecule has 29 heavy (non-hydrogen) atoms. The van der Waals surface area contributed by atoms with E-state index in [2.05, 4.69) is 5.10 Å². The highest BCUT2D eigenvalue weighted by atomic mass is 16.5. The number of hydrogen-bond acceptors (Lipinski definition) is 6. The molecule has 0 unspecified atom stereocenters. The highest BCUT2D eigenvalue weighted by Gasteiger charge is 2.32. The summed E-state index contributed by atoms with van der Waals surface area (Å²) in [5.41, 5.74) is 1.45.